The van der Waals surface area contributed by atoms with Crippen molar-refractivity contribution < 1.29 is 19.7 Å². The molecule has 0 aromatic heterocycles. The molecule has 1 aliphatic rings. The molecule has 0 aliphatic carbocycles. The van der Waals surface area contributed by atoms with Crippen molar-refractivity contribution in [2.45, 2.75) is 39.0 Å². The van der Waals surface area contributed by atoms with Gasteiger partial charge in [0, 0.05) is 31.0 Å². The number of benzene rings is 1. The highest BCUT2D eigenvalue weighted by Gasteiger charge is 2.24. The van der Waals surface area contributed by atoms with Crippen LogP contribution in [-0.2, 0) is 11.3 Å². The van der Waals surface area contributed by atoms with E-state index in [1.807, 2.05) is 39.0 Å². The lowest BCUT2D eigenvalue weighted by atomic mass is 10.1. The molecule has 4 N–H and O–H groups in total. The number of nitrogens with one attached hydrogen (secondary N) is 2. The van der Waals surface area contributed by atoms with Gasteiger partial charge in [-0.2, -0.15) is 0 Å². The van der Waals surface area contributed by atoms with E-state index in [0.29, 0.717) is 19.6 Å². The summed E-state index contributed by atoms with van der Waals surface area (Å²) in [4.78, 5) is 14.0. The third-order valence-electron chi connectivity index (χ3n) is 3.57. The molecule has 1 atom stereocenters. The zero-order chi connectivity index (χ0) is 17.7. The Balaban J connectivity index is 2.08. The molecule has 0 radical (unpaired) electrons. The highest BCUT2D eigenvalue weighted by atomic mass is 16.6. The molecular formula is C17H27N3O4. The van der Waals surface area contributed by atoms with Crippen LogP contribution >= 0.6 is 0 Å². The highest BCUT2D eigenvalue weighted by Crippen LogP contribution is 2.25. The van der Waals surface area contributed by atoms with Gasteiger partial charge in [-0.15, -0.1) is 0 Å². The first kappa shape index (κ1) is 18.4. The van der Waals surface area contributed by atoms with E-state index < -0.39 is 11.7 Å². The van der Waals surface area contributed by atoms with Crippen LogP contribution in [0.5, 0.6) is 0 Å². The van der Waals surface area contributed by atoms with Gasteiger partial charge in [-0.3, -0.25) is 0 Å². The number of carbonyl (C=O) groups is 1. The summed E-state index contributed by atoms with van der Waals surface area (Å²) in [6, 6.07) is 5.79. The molecule has 134 valence electrons. The number of aliphatic hydroxyl groups excluding tert-OH is 2. The van der Waals surface area contributed by atoms with Crippen LogP contribution in [0.4, 0.5) is 16.2 Å². The maximum Gasteiger partial charge on any atom is 0.410 e. The Morgan fingerprint density at radius 1 is 1.46 bits per heavy atom. The van der Waals surface area contributed by atoms with Gasteiger partial charge < -0.3 is 30.5 Å². The van der Waals surface area contributed by atoms with Gasteiger partial charge in [-0.05, 0) is 44.5 Å². The van der Waals surface area contributed by atoms with Crippen molar-refractivity contribution in [2.24, 2.45) is 0 Å². The first-order valence-corrected chi connectivity index (χ1v) is 8.16. The van der Waals surface area contributed by atoms with Crippen molar-refractivity contribution in [1.82, 2.24) is 4.90 Å². The summed E-state index contributed by atoms with van der Waals surface area (Å²) in [5.74, 6) is 0. The van der Waals surface area contributed by atoms with Crippen LogP contribution in [0.2, 0.25) is 0 Å². The monoisotopic (exact) mass is 337 g/mol. The van der Waals surface area contributed by atoms with Gasteiger partial charge in [0.05, 0.1) is 19.3 Å². The number of fused-ring (bicyclic) bond motifs is 1. The van der Waals surface area contributed by atoms with Crippen LogP contribution in [0.15, 0.2) is 18.2 Å². The number of aliphatic hydroxyl groups is 2. The van der Waals surface area contributed by atoms with E-state index in [4.69, 9.17) is 9.84 Å². The fraction of sp³-hybridized carbons (Fsp3) is 0.588. The van der Waals surface area contributed by atoms with Crippen LogP contribution in [0, 0.1) is 0 Å². The Hall–Kier alpha value is -1.99. The largest absolute Gasteiger partial charge is 0.444 e. The van der Waals surface area contributed by atoms with E-state index in [2.05, 4.69) is 10.6 Å². The van der Waals surface area contributed by atoms with E-state index >= 15 is 0 Å². The van der Waals surface area contributed by atoms with Crippen molar-refractivity contribution >= 4 is 17.5 Å². The van der Waals surface area contributed by atoms with E-state index in [1.165, 1.54) is 0 Å². The number of hydrogen-bond donors (Lipinski definition) is 4. The van der Waals surface area contributed by atoms with Crippen LogP contribution in [0.1, 0.15) is 26.3 Å². The molecule has 0 spiro atoms. The zero-order valence-corrected chi connectivity index (χ0v) is 14.5. The third-order valence-corrected chi connectivity index (χ3v) is 3.57. The Bertz CT molecular complexity index is 571. The Kier molecular flexibility index (Phi) is 5.90. The number of carbonyl (C=O) groups excluding carboxylic acids is 1. The number of amides is 1. The average molecular weight is 337 g/mol. The maximum absolute atomic E-state index is 12.3. The van der Waals surface area contributed by atoms with Gasteiger partial charge in [-0.1, -0.05) is 0 Å². The molecule has 1 amide bonds. The third kappa shape index (κ3) is 5.28. The summed E-state index contributed by atoms with van der Waals surface area (Å²) < 4.78 is 5.45. The van der Waals surface area contributed by atoms with Crippen molar-refractivity contribution in [3.05, 3.63) is 23.8 Å². The Morgan fingerprint density at radius 2 is 2.21 bits per heavy atom. The summed E-state index contributed by atoms with van der Waals surface area (Å²) in [6.07, 6.45) is -1.13. The average Bonchev–Trinajstić information content (AvgIpc) is 2.72. The minimum atomic E-state index is -0.805. The van der Waals surface area contributed by atoms with Crippen molar-refractivity contribution in [1.29, 1.82) is 0 Å². The summed E-state index contributed by atoms with van der Waals surface area (Å²) in [5.41, 5.74) is 2.26. The molecule has 0 bridgehead atoms. The zero-order valence-electron chi connectivity index (χ0n) is 14.5. The van der Waals surface area contributed by atoms with Crippen LogP contribution < -0.4 is 10.6 Å². The summed E-state index contributed by atoms with van der Waals surface area (Å²) in [5, 5.41) is 24.7. The van der Waals surface area contributed by atoms with Gasteiger partial charge in [0.1, 0.15) is 5.60 Å². The van der Waals surface area contributed by atoms with Crippen LogP contribution in [-0.4, -0.2) is 59.2 Å². The second-order valence-corrected chi connectivity index (χ2v) is 6.92. The normalized spacial score (nSPS) is 15.8. The Labute approximate surface area is 142 Å². The van der Waals surface area contributed by atoms with Crippen molar-refractivity contribution in [3.63, 3.8) is 0 Å². The Morgan fingerprint density at radius 3 is 2.88 bits per heavy atom. The first-order valence-electron chi connectivity index (χ1n) is 8.16. The number of anilines is 2. The van der Waals surface area contributed by atoms with Gasteiger partial charge in [0.2, 0.25) is 0 Å². The van der Waals surface area contributed by atoms with E-state index in [0.717, 1.165) is 16.9 Å². The van der Waals surface area contributed by atoms with Gasteiger partial charge in [0.15, 0.2) is 0 Å². The smallest absolute Gasteiger partial charge is 0.410 e. The number of rotatable bonds is 4. The standard InChI is InChI=1S/C17H27N3O4/c1-17(2,3)24-16(23)20-7-6-18-15-5-4-13(8-12(15)10-20)19-9-14(22)11-21/h4-5,8,14,18-19,21-22H,6-7,9-11H2,1-3H3. The topological polar surface area (TPSA) is 94.1 Å². The number of ether oxygens (including phenoxy) is 1. The minimum Gasteiger partial charge on any atom is -0.444 e. The summed E-state index contributed by atoms with van der Waals surface area (Å²) >= 11 is 0. The predicted molar refractivity (Wildman–Crippen MR) is 93.2 cm³/mol. The lowest BCUT2D eigenvalue weighted by Gasteiger charge is -2.26. The van der Waals surface area contributed by atoms with E-state index in [1.54, 1.807) is 4.90 Å². The maximum atomic E-state index is 12.3. The second kappa shape index (κ2) is 7.72. The SMILES string of the molecule is CC(C)(C)OC(=O)N1CCNc2ccc(NCC(O)CO)cc2C1. The lowest BCUT2D eigenvalue weighted by molar-refractivity contribution is 0.0245. The molecule has 0 fully saturated rings. The summed E-state index contributed by atoms with van der Waals surface area (Å²) in [7, 11) is 0. The molecular weight excluding hydrogens is 310 g/mol. The van der Waals surface area contributed by atoms with Crippen LogP contribution in [0.25, 0.3) is 0 Å². The fourth-order valence-electron chi connectivity index (χ4n) is 2.40. The van der Waals surface area contributed by atoms with Crippen LogP contribution in [0.3, 0.4) is 0 Å². The molecule has 0 saturated carbocycles. The quantitative estimate of drug-likeness (QED) is 0.667. The summed E-state index contributed by atoms with van der Waals surface area (Å²) in [6.45, 7) is 7.20. The molecule has 7 heteroatoms. The molecule has 0 saturated heterocycles. The predicted octanol–water partition coefficient (Wildman–Crippen LogP) is 1.61. The lowest BCUT2D eigenvalue weighted by Crippen LogP contribution is -2.37. The molecule has 1 unspecified atom stereocenters. The molecule has 1 heterocycles. The van der Waals surface area contributed by atoms with E-state index in [-0.39, 0.29) is 19.2 Å². The highest BCUT2D eigenvalue weighted by molar-refractivity contribution is 5.70. The molecule has 1 aromatic rings. The fourth-order valence-corrected chi connectivity index (χ4v) is 2.40. The van der Waals surface area contributed by atoms with E-state index in [9.17, 15) is 9.90 Å². The van der Waals surface area contributed by atoms with Crippen molar-refractivity contribution in [3.8, 4) is 0 Å². The molecule has 1 aromatic carbocycles. The van der Waals surface area contributed by atoms with Gasteiger partial charge in [0.25, 0.3) is 0 Å². The second-order valence-electron chi connectivity index (χ2n) is 6.92. The molecule has 1 aliphatic heterocycles. The molecule has 2 rings (SSSR count). The number of hydrogen-bond acceptors (Lipinski definition) is 6. The number of nitrogens with zero attached hydrogens (tertiary/aromatic N) is 1. The minimum absolute atomic E-state index is 0.262. The van der Waals surface area contributed by atoms with Crippen molar-refractivity contribution in [2.75, 3.05) is 36.9 Å². The van der Waals surface area contributed by atoms with Gasteiger partial charge >= 0.3 is 6.09 Å². The molecule has 24 heavy (non-hydrogen) atoms. The molecule has 7 nitrogen and oxygen atoms in total. The first-order chi connectivity index (χ1) is 11.3. The van der Waals surface area contributed by atoms with Gasteiger partial charge in [-0.25, -0.2) is 4.79 Å².